The van der Waals surface area contributed by atoms with Gasteiger partial charge in [0.15, 0.2) is 0 Å². The number of rotatable bonds is 6. The Bertz CT molecular complexity index is 269. The largest absolute Gasteiger partial charge is 0.481 e. The van der Waals surface area contributed by atoms with E-state index < -0.39 is 36.2 Å². The van der Waals surface area contributed by atoms with E-state index in [1.54, 1.807) is 0 Å². The van der Waals surface area contributed by atoms with Crippen LogP contribution in [0.4, 0.5) is 0 Å². The predicted molar refractivity (Wildman–Crippen MR) is 40.6 cm³/mol. The normalized spacial score (nSPS) is 14.0. The Balaban J connectivity index is 4.78. The molecule has 0 aromatic heterocycles. The molecule has 78 valence electrons. The highest BCUT2D eigenvalue weighted by atomic mass is 16.4. The zero-order valence-electron chi connectivity index (χ0n) is 6.91. The van der Waals surface area contributed by atoms with E-state index in [9.17, 15) is 19.2 Å². The Morgan fingerprint density at radius 3 is 1.79 bits per heavy atom. The predicted octanol–water partition coefficient (Wildman–Crippen LogP) is -0.938. The van der Waals surface area contributed by atoms with Crippen LogP contribution in [0.5, 0.6) is 0 Å². The molecular weight excluding hydrogens is 196 g/mol. The van der Waals surface area contributed by atoms with Gasteiger partial charge >= 0.3 is 17.9 Å². The number of hydrogen-bond acceptors (Lipinski definition) is 4. The van der Waals surface area contributed by atoms with Gasteiger partial charge in [0.1, 0.15) is 12.2 Å². The van der Waals surface area contributed by atoms with Crippen molar-refractivity contribution in [3.63, 3.8) is 0 Å². The Kier molecular flexibility index (Phi) is 4.27. The summed E-state index contributed by atoms with van der Waals surface area (Å²) in [6.45, 7) is 0. The van der Waals surface area contributed by atoms with Crippen LogP contribution in [-0.2, 0) is 19.2 Å². The molecule has 0 amide bonds. The number of carboxylic acid groups (broad SMARTS) is 3. The van der Waals surface area contributed by atoms with E-state index in [-0.39, 0.29) is 6.29 Å². The van der Waals surface area contributed by atoms with Gasteiger partial charge in [-0.25, -0.2) is 0 Å². The van der Waals surface area contributed by atoms with Gasteiger partial charge in [0.05, 0.1) is 12.3 Å². The molecule has 0 saturated carbocycles. The molecule has 2 atom stereocenters. The fraction of sp³-hybridized carbons (Fsp3) is 0.429. The number of hydrogen-bond donors (Lipinski definition) is 3. The third kappa shape index (κ3) is 3.21. The van der Waals surface area contributed by atoms with E-state index in [0.29, 0.717) is 0 Å². The van der Waals surface area contributed by atoms with Gasteiger partial charge in [-0.1, -0.05) is 0 Å². The Morgan fingerprint density at radius 1 is 1.07 bits per heavy atom. The number of aldehydes is 1. The van der Waals surface area contributed by atoms with E-state index in [1.807, 2.05) is 0 Å². The third-order valence-corrected chi connectivity index (χ3v) is 1.58. The van der Waals surface area contributed by atoms with E-state index in [1.165, 1.54) is 0 Å². The first kappa shape index (κ1) is 12.1. The topological polar surface area (TPSA) is 129 Å². The lowest BCUT2D eigenvalue weighted by molar-refractivity contribution is -0.158. The molecule has 7 nitrogen and oxygen atoms in total. The minimum atomic E-state index is -1.83. The number of carboxylic acids is 3. The van der Waals surface area contributed by atoms with Crippen molar-refractivity contribution in [3.8, 4) is 0 Å². The van der Waals surface area contributed by atoms with E-state index in [4.69, 9.17) is 15.3 Å². The van der Waals surface area contributed by atoms with Crippen LogP contribution < -0.4 is 0 Å². The average molecular weight is 204 g/mol. The Hall–Kier alpha value is -1.92. The lowest BCUT2D eigenvalue weighted by Gasteiger charge is -2.12. The van der Waals surface area contributed by atoms with Gasteiger partial charge < -0.3 is 20.1 Å². The van der Waals surface area contributed by atoms with Gasteiger partial charge in [-0.15, -0.1) is 0 Å². The van der Waals surface area contributed by atoms with Crippen LogP contribution in [0.3, 0.4) is 0 Å². The first-order valence-electron chi connectivity index (χ1n) is 3.52. The first-order valence-corrected chi connectivity index (χ1v) is 3.52. The van der Waals surface area contributed by atoms with Crippen molar-refractivity contribution < 1.29 is 34.5 Å². The van der Waals surface area contributed by atoms with E-state index in [0.717, 1.165) is 0 Å². The third-order valence-electron chi connectivity index (χ3n) is 1.58. The summed E-state index contributed by atoms with van der Waals surface area (Å²) in [5.74, 6) is -8.29. The van der Waals surface area contributed by atoms with Crippen molar-refractivity contribution in [1.29, 1.82) is 0 Å². The Labute approximate surface area is 78.0 Å². The molecule has 7 heteroatoms. The summed E-state index contributed by atoms with van der Waals surface area (Å²) in [5, 5.41) is 25.2. The summed E-state index contributed by atoms with van der Waals surface area (Å²) < 4.78 is 0. The lowest BCUT2D eigenvalue weighted by Crippen LogP contribution is -2.32. The molecule has 3 N–H and O–H groups in total. The maximum Gasteiger partial charge on any atom is 0.314 e. The summed E-state index contributed by atoms with van der Waals surface area (Å²) in [6.07, 6.45) is -0.977. The fourth-order valence-corrected chi connectivity index (χ4v) is 0.881. The summed E-state index contributed by atoms with van der Waals surface area (Å²) in [7, 11) is 0. The minimum absolute atomic E-state index is 0.0793. The van der Waals surface area contributed by atoms with Crippen LogP contribution in [-0.4, -0.2) is 39.5 Å². The van der Waals surface area contributed by atoms with Crippen molar-refractivity contribution in [2.75, 3.05) is 0 Å². The number of carbonyl (C=O) groups is 4. The van der Waals surface area contributed by atoms with Crippen molar-refractivity contribution >= 4 is 24.2 Å². The quantitative estimate of drug-likeness (QED) is 0.376. The molecule has 0 aromatic rings. The smallest absolute Gasteiger partial charge is 0.314 e. The van der Waals surface area contributed by atoms with Gasteiger partial charge in [0, 0.05) is 0 Å². The molecular formula is C7H8O7. The second-order valence-corrected chi connectivity index (χ2v) is 2.54. The van der Waals surface area contributed by atoms with Gasteiger partial charge in [-0.3, -0.25) is 14.4 Å². The molecule has 0 fully saturated rings. The standard InChI is InChI=1S/C7H8O7/c8-2-4(7(13)14)3(6(11)12)1-5(9)10/h2-4H,1H2,(H,9,10)(H,11,12)(H,13,14). The van der Waals surface area contributed by atoms with Crippen LogP contribution in [0.1, 0.15) is 6.42 Å². The monoisotopic (exact) mass is 204 g/mol. The summed E-state index contributed by atoms with van der Waals surface area (Å²) in [4.78, 5) is 41.2. The molecule has 0 rings (SSSR count). The lowest BCUT2D eigenvalue weighted by atomic mass is 9.91. The number of carbonyl (C=O) groups excluding carboxylic acids is 1. The van der Waals surface area contributed by atoms with Crippen molar-refractivity contribution in [3.05, 3.63) is 0 Å². The maximum atomic E-state index is 10.5. The molecule has 0 radical (unpaired) electrons. The second kappa shape index (κ2) is 4.95. The van der Waals surface area contributed by atoms with Gasteiger partial charge in [-0.05, 0) is 0 Å². The van der Waals surface area contributed by atoms with Crippen molar-refractivity contribution in [1.82, 2.24) is 0 Å². The minimum Gasteiger partial charge on any atom is -0.481 e. The molecule has 0 aliphatic carbocycles. The van der Waals surface area contributed by atoms with Crippen LogP contribution in [0.2, 0.25) is 0 Å². The highest BCUT2D eigenvalue weighted by molar-refractivity contribution is 5.93. The molecule has 0 aliphatic heterocycles. The molecule has 0 heterocycles. The van der Waals surface area contributed by atoms with Gasteiger partial charge in [0.25, 0.3) is 0 Å². The summed E-state index contributed by atoms with van der Waals surface area (Å²) in [5.41, 5.74) is 0. The number of aliphatic carboxylic acids is 3. The first-order chi connectivity index (χ1) is 6.40. The van der Waals surface area contributed by atoms with Crippen molar-refractivity contribution in [2.24, 2.45) is 11.8 Å². The van der Waals surface area contributed by atoms with Crippen LogP contribution in [0.25, 0.3) is 0 Å². The Morgan fingerprint density at radius 2 is 1.57 bits per heavy atom. The summed E-state index contributed by atoms with van der Waals surface area (Å²) >= 11 is 0. The average Bonchev–Trinajstić information content (AvgIpc) is 2.02. The molecule has 0 spiro atoms. The zero-order chi connectivity index (χ0) is 11.3. The highest BCUT2D eigenvalue weighted by Crippen LogP contribution is 2.15. The molecule has 2 unspecified atom stereocenters. The second-order valence-electron chi connectivity index (χ2n) is 2.54. The zero-order valence-corrected chi connectivity index (χ0v) is 6.91. The fourth-order valence-electron chi connectivity index (χ4n) is 0.881. The SMILES string of the molecule is O=CC(C(=O)O)C(CC(=O)O)C(=O)O. The maximum absolute atomic E-state index is 10.5. The van der Waals surface area contributed by atoms with Gasteiger partial charge in [-0.2, -0.15) is 0 Å². The summed E-state index contributed by atoms with van der Waals surface area (Å²) in [6, 6.07) is 0. The van der Waals surface area contributed by atoms with Crippen LogP contribution >= 0.6 is 0 Å². The molecule has 14 heavy (non-hydrogen) atoms. The highest BCUT2D eigenvalue weighted by Gasteiger charge is 2.35. The molecule has 0 aromatic carbocycles. The van der Waals surface area contributed by atoms with E-state index in [2.05, 4.69) is 0 Å². The molecule has 0 bridgehead atoms. The molecule has 0 saturated heterocycles. The molecule has 0 aliphatic rings. The van der Waals surface area contributed by atoms with Crippen molar-refractivity contribution in [2.45, 2.75) is 6.42 Å². The van der Waals surface area contributed by atoms with Gasteiger partial charge in [0.2, 0.25) is 0 Å². The van der Waals surface area contributed by atoms with E-state index >= 15 is 0 Å². The van der Waals surface area contributed by atoms with Crippen LogP contribution in [0.15, 0.2) is 0 Å². The van der Waals surface area contributed by atoms with Crippen LogP contribution in [0, 0.1) is 11.8 Å².